The van der Waals surface area contributed by atoms with Crippen LogP contribution in [0.5, 0.6) is 0 Å². The van der Waals surface area contributed by atoms with Crippen LogP contribution in [0.15, 0.2) is 12.3 Å². The average Bonchev–Trinajstić information content (AvgIpc) is 3.04. The summed E-state index contributed by atoms with van der Waals surface area (Å²) in [4.78, 5) is 22.5. The molecule has 1 aromatic rings. The van der Waals surface area contributed by atoms with Gasteiger partial charge in [-0.15, -0.1) is 0 Å². The Hall–Kier alpha value is -1.89. The number of amides is 1. The van der Waals surface area contributed by atoms with Crippen LogP contribution in [-0.2, 0) is 0 Å². The van der Waals surface area contributed by atoms with E-state index in [0.717, 1.165) is 19.4 Å². The Morgan fingerprint density at radius 3 is 2.95 bits per heavy atom. The molecule has 1 saturated heterocycles. The molecule has 7 nitrogen and oxygen atoms in total. The summed E-state index contributed by atoms with van der Waals surface area (Å²) in [5.74, 6) is -0.263. The van der Waals surface area contributed by atoms with E-state index in [1.54, 1.807) is 4.57 Å². The van der Waals surface area contributed by atoms with Crippen molar-refractivity contribution in [2.24, 2.45) is 0 Å². The molecule has 1 aliphatic rings. The maximum Gasteiger partial charge on any atom is 0.287 e. The Labute approximate surface area is 117 Å². The first-order valence-corrected chi connectivity index (χ1v) is 6.87. The molecule has 2 heterocycles. The third-order valence-electron chi connectivity index (χ3n) is 3.51. The zero-order valence-electron chi connectivity index (χ0n) is 11.8. The summed E-state index contributed by atoms with van der Waals surface area (Å²) in [6.45, 7) is 5.31. The van der Waals surface area contributed by atoms with E-state index in [1.165, 1.54) is 12.3 Å². The fourth-order valence-corrected chi connectivity index (χ4v) is 2.41. The van der Waals surface area contributed by atoms with Crippen LogP contribution in [-0.4, -0.2) is 34.5 Å². The molecule has 0 saturated carbocycles. The lowest BCUT2D eigenvalue weighted by molar-refractivity contribution is -0.384. The molecule has 1 atom stereocenters. The molecule has 2 rings (SSSR count). The zero-order valence-corrected chi connectivity index (χ0v) is 11.8. The largest absolute Gasteiger partial charge is 0.349 e. The Morgan fingerprint density at radius 1 is 1.65 bits per heavy atom. The van der Waals surface area contributed by atoms with Crippen molar-refractivity contribution in [2.45, 2.75) is 38.8 Å². The summed E-state index contributed by atoms with van der Waals surface area (Å²) in [7, 11) is 0. The molecule has 1 unspecified atom stereocenters. The van der Waals surface area contributed by atoms with Crippen molar-refractivity contribution in [2.75, 3.05) is 13.1 Å². The van der Waals surface area contributed by atoms with E-state index < -0.39 is 4.92 Å². The van der Waals surface area contributed by atoms with Gasteiger partial charge in [-0.2, -0.15) is 0 Å². The summed E-state index contributed by atoms with van der Waals surface area (Å²) in [6, 6.07) is 1.63. The molecule has 0 spiro atoms. The van der Waals surface area contributed by atoms with Crippen LogP contribution in [0.2, 0.25) is 0 Å². The Kier molecular flexibility index (Phi) is 4.39. The van der Waals surface area contributed by atoms with Gasteiger partial charge in [0.1, 0.15) is 5.69 Å². The van der Waals surface area contributed by atoms with Crippen molar-refractivity contribution in [1.82, 2.24) is 15.2 Å². The Morgan fingerprint density at radius 2 is 2.40 bits per heavy atom. The van der Waals surface area contributed by atoms with Crippen molar-refractivity contribution in [3.8, 4) is 0 Å². The van der Waals surface area contributed by atoms with Crippen LogP contribution >= 0.6 is 0 Å². The number of hydrogen-bond acceptors (Lipinski definition) is 4. The molecule has 2 N–H and O–H groups in total. The quantitative estimate of drug-likeness (QED) is 0.631. The highest BCUT2D eigenvalue weighted by atomic mass is 16.6. The van der Waals surface area contributed by atoms with E-state index >= 15 is 0 Å². The normalized spacial score (nSPS) is 18.4. The first-order valence-electron chi connectivity index (χ1n) is 6.87. The van der Waals surface area contributed by atoms with Gasteiger partial charge in [0.15, 0.2) is 0 Å². The standard InChI is InChI=1S/C13H20N4O3/c1-9(2)16-8-11(17(19)20)6-12(16)13(18)15-7-10-4-3-5-14-10/h6,8-10,14H,3-5,7H2,1-2H3,(H,15,18). The predicted molar refractivity (Wildman–Crippen MR) is 74.8 cm³/mol. The molecule has 1 aliphatic heterocycles. The molecule has 1 amide bonds. The van der Waals surface area contributed by atoms with Gasteiger partial charge in [0.25, 0.3) is 11.6 Å². The number of carbonyl (C=O) groups is 1. The third kappa shape index (κ3) is 3.16. The molecular weight excluding hydrogens is 260 g/mol. The third-order valence-corrected chi connectivity index (χ3v) is 3.51. The van der Waals surface area contributed by atoms with Crippen molar-refractivity contribution >= 4 is 11.6 Å². The number of nitrogens with one attached hydrogen (secondary N) is 2. The van der Waals surface area contributed by atoms with Crippen molar-refractivity contribution in [3.05, 3.63) is 28.1 Å². The summed E-state index contributed by atoms with van der Waals surface area (Å²) in [5.41, 5.74) is 0.285. The van der Waals surface area contributed by atoms with Gasteiger partial charge in [-0.05, 0) is 33.2 Å². The first-order chi connectivity index (χ1) is 9.49. The second kappa shape index (κ2) is 6.04. The zero-order chi connectivity index (χ0) is 14.7. The van der Waals surface area contributed by atoms with Crippen LogP contribution < -0.4 is 10.6 Å². The molecule has 0 aliphatic carbocycles. The molecule has 1 fully saturated rings. The first kappa shape index (κ1) is 14.5. The monoisotopic (exact) mass is 280 g/mol. The van der Waals surface area contributed by atoms with Gasteiger partial charge in [-0.3, -0.25) is 14.9 Å². The highest BCUT2D eigenvalue weighted by Gasteiger charge is 2.22. The molecular formula is C13H20N4O3. The summed E-state index contributed by atoms with van der Waals surface area (Å²) in [5, 5.41) is 17.0. The smallest absolute Gasteiger partial charge is 0.287 e. The van der Waals surface area contributed by atoms with Crippen LogP contribution in [0.25, 0.3) is 0 Å². The van der Waals surface area contributed by atoms with Crippen LogP contribution in [0.1, 0.15) is 43.2 Å². The Bertz CT molecular complexity index is 504. The fourth-order valence-electron chi connectivity index (χ4n) is 2.41. The molecule has 0 radical (unpaired) electrons. The molecule has 7 heteroatoms. The topological polar surface area (TPSA) is 89.2 Å². The van der Waals surface area contributed by atoms with Crippen LogP contribution in [0.4, 0.5) is 5.69 Å². The fraction of sp³-hybridized carbons (Fsp3) is 0.615. The van der Waals surface area contributed by atoms with Gasteiger partial charge in [-0.1, -0.05) is 0 Å². The SMILES string of the molecule is CC(C)n1cc([N+](=O)[O-])cc1C(=O)NCC1CCCN1. The summed E-state index contributed by atoms with van der Waals surface area (Å²) < 4.78 is 1.63. The molecule has 0 bridgehead atoms. The second-order valence-corrected chi connectivity index (χ2v) is 5.34. The summed E-state index contributed by atoms with van der Waals surface area (Å²) >= 11 is 0. The van der Waals surface area contributed by atoms with E-state index in [2.05, 4.69) is 10.6 Å². The van der Waals surface area contributed by atoms with Crippen LogP contribution in [0.3, 0.4) is 0 Å². The lowest BCUT2D eigenvalue weighted by atomic mass is 10.2. The van der Waals surface area contributed by atoms with Crippen molar-refractivity contribution < 1.29 is 9.72 Å². The minimum Gasteiger partial charge on any atom is -0.349 e. The van der Waals surface area contributed by atoms with Crippen molar-refractivity contribution in [3.63, 3.8) is 0 Å². The predicted octanol–water partition coefficient (Wildman–Crippen LogP) is 1.46. The maximum absolute atomic E-state index is 12.2. The molecule has 110 valence electrons. The minimum absolute atomic E-state index is 0.00550. The van der Waals surface area contributed by atoms with Gasteiger partial charge in [0.2, 0.25) is 0 Å². The van der Waals surface area contributed by atoms with Gasteiger partial charge >= 0.3 is 0 Å². The minimum atomic E-state index is -0.478. The van der Waals surface area contributed by atoms with E-state index in [0.29, 0.717) is 18.3 Å². The number of nitrogens with zero attached hydrogens (tertiary/aromatic N) is 2. The van der Waals surface area contributed by atoms with Crippen molar-refractivity contribution in [1.29, 1.82) is 0 Å². The van der Waals surface area contributed by atoms with Gasteiger partial charge in [0.05, 0.1) is 11.1 Å². The van der Waals surface area contributed by atoms with E-state index in [4.69, 9.17) is 0 Å². The molecule has 20 heavy (non-hydrogen) atoms. The number of rotatable bonds is 5. The van der Waals surface area contributed by atoms with E-state index in [-0.39, 0.29) is 17.6 Å². The number of hydrogen-bond donors (Lipinski definition) is 2. The highest BCUT2D eigenvalue weighted by Crippen LogP contribution is 2.20. The lowest BCUT2D eigenvalue weighted by Gasteiger charge is -2.14. The summed E-state index contributed by atoms with van der Waals surface area (Å²) in [6.07, 6.45) is 3.58. The van der Waals surface area contributed by atoms with Gasteiger partial charge < -0.3 is 15.2 Å². The van der Waals surface area contributed by atoms with Gasteiger partial charge in [-0.25, -0.2) is 0 Å². The van der Waals surface area contributed by atoms with E-state index in [9.17, 15) is 14.9 Å². The second-order valence-electron chi connectivity index (χ2n) is 5.34. The maximum atomic E-state index is 12.2. The number of nitro groups is 1. The van der Waals surface area contributed by atoms with Crippen LogP contribution in [0, 0.1) is 10.1 Å². The van der Waals surface area contributed by atoms with Gasteiger partial charge in [0, 0.05) is 24.7 Å². The van der Waals surface area contributed by atoms with E-state index in [1.807, 2.05) is 13.8 Å². The lowest BCUT2D eigenvalue weighted by Crippen LogP contribution is -2.37. The highest BCUT2D eigenvalue weighted by molar-refractivity contribution is 5.93. The number of aromatic nitrogens is 1. The molecule has 1 aromatic heterocycles. The Balaban J connectivity index is 2.09. The number of carbonyl (C=O) groups excluding carboxylic acids is 1. The average molecular weight is 280 g/mol. The molecule has 0 aromatic carbocycles.